The van der Waals surface area contributed by atoms with Crippen molar-refractivity contribution in [3.05, 3.63) is 29.0 Å². The van der Waals surface area contributed by atoms with Crippen LogP contribution in [0.15, 0.2) is 18.2 Å². The number of aryl methyl sites for hydroxylation is 1. The highest BCUT2D eigenvalue weighted by Gasteiger charge is 2.37. The summed E-state index contributed by atoms with van der Waals surface area (Å²) in [4.78, 5) is 4.91. The second-order valence-electron chi connectivity index (χ2n) is 5.82. The number of aromatic nitrogens is 2. The Kier molecular flexibility index (Phi) is 4.20. The first-order valence-corrected chi connectivity index (χ1v) is 8.02. The molecular weight excluding hydrogens is 286 g/mol. The number of hydrogen-bond acceptors (Lipinski definition) is 3. The highest BCUT2D eigenvalue weighted by atomic mass is 35.5. The molecule has 1 aliphatic rings. The third-order valence-electron chi connectivity index (χ3n) is 4.47. The van der Waals surface area contributed by atoms with Crippen molar-refractivity contribution in [2.24, 2.45) is 5.73 Å². The van der Waals surface area contributed by atoms with E-state index in [1.54, 1.807) is 0 Å². The van der Waals surface area contributed by atoms with Gasteiger partial charge in [-0.1, -0.05) is 18.5 Å². The molecule has 4 nitrogen and oxygen atoms in total. The summed E-state index contributed by atoms with van der Waals surface area (Å²) in [6, 6.07) is 5.90. The molecule has 0 radical (unpaired) electrons. The zero-order chi connectivity index (χ0) is 14.9. The number of benzene rings is 1. The van der Waals surface area contributed by atoms with E-state index in [9.17, 15) is 0 Å². The second-order valence-corrected chi connectivity index (χ2v) is 6.25. The molecule has 2 heterocycles. The van der Waals surface area contributed by atoms with Crippen molar-refractivity contribution < 1.29 is 4.74 Å². The zero-order valence-corrected chi connectivity index (χ0v) is 13.2. The van der Waals surface area contributed by atoms with E-state index in [0.29, 0.717) is 6.54 Å². The smallest absolute Gasteiger partial charge is 0.117 e. The molecule has 114 valence electrons. The fourth-order valence-corrected chi connectivity index (χ4v) is 3.40. The van der Waals surface area contributed by atoms with Crippen molar-refractivity contribution in [1.29, 1.82) is 0 Å². The molecule has 1 fully saturated rings. The average molecular weight is 308 g/mol. The summed E-state index contributed by atoms with van der Waals surface area (Å²) in [6.07, 6.45) is 2.93. The molecule has 0 saturated carbocycles. The third kappa shape index (κ3) is 2.56. The molecule has 2 N–H and O–H groups in total. The lowest BCUT2D eigenvalue weighted by Gasteiger charge is -2.35. The zero-order valence-electron chi connectivity index (χ0n) is 12.4. The van der Waals surface area contributed by atoms with Crippen LogP contribution in [0, 0.1) is 0 Å². The summed E-state index contributed by atoms with van der Waals surface area (Å²) >= 11 is 6.17. The molecule has 21 heavy (non-hydrogen) atoms. The molecule has 1 aliphatic heterocycles. The maximum absolute atomic E-state index is 6.17. The van der Waals surface area contributed by atoms with Crippen LogP contribution in [0.5, 0.6) is 0 Å². The van der Waals surface area contributed by atoms with Gasteiger partial charge in [-0.2, -0.15) is 0 Å². The van der Waals surface area contributed by atoms with E-state index >= 15 is 0 Å². The van der Waals surface area contributed by atoms with Gasteiger partial charge in [-0.3, -0.25) is 0 Å². The average Bonchev–Trinajstić information content (AvgIpc) is 2.87. The van der Waals surface area contributed by atoms with E-state index in [1.165, 1.54) is 0 Å². The molecule has 1 aromatic carbocycles. The maximum Gasteiger partial charge on any atom is 0.117 e. The van der Waals surface area contributed by atoms with Crippen molar-refractivity contribution in [1.82, 2.24) is 9.55 Å². The monoisotopic (exact) mass is 307 g/mol. The van der Waals surface area contributed by atoms with Crippen LogP contribution in [-0.2, 0) is 16.7 Å². The van der Waals surface area contributed by atoms with Gasteiger partial charge in [0.15, 0.2) is 0 Å². The van der Waals surface area contributed by atoms with Crippen LogP contribution >= 0.6 is 11.6 Å². The molecule has 1 aromatic heterocycles. The van der Waals surface area contributed by atoms with Crippen molar-refractivity contribution >= 4 is 22.6 Å². The Morgan fingerprint density at radius 1 is 1.38 bits per heavy atom. The summed E-state index contributed by atoms with van der Waals surface area (Å²) in [5.74, 6) is 1.10. The molecular formula is C16H22ClN3O. The van der Waals surface area contributed by atoms with E-state index in [-0.39, 0.29) is 5.41 Å². The van der Waals surface area contributed by atoms with E-state index in [4.69, 9.17) is 27.1 Å². The van der Waals surface area contributed by atoms with E-state index in [2.05, 4.69) is 11.5 Å². The van der Waals surface area contributed by atoms with Crippen molar-refractivity contribution in [3.63, 3.8) is 0 Å². The topological polar surface area (TPSA) is 53.1 Å². The number of imidazole rings is 1. The lowest BCUT2D eigenvalue weighted by atomic mass is 9.79. The van der Waals surface area contributed by atoms with Gasteiger partial charge in [0, 0.05) is 36.7 Å². The molecule has 3 rings (SSSR count). The lowest BCUT2D eigenvalue weighted by Crippen LogP contribution is -2.42. The Morgan fingerprint density at radius 2 is 2.14 bits per heavy atom. The number of fused-ring (bicyclic) bond motifs is 1. The van der Waals surface area contributed by atoms with E-state index < -0.39 is 0 Å². The Balaban J connectivity index is 2.18. The van der Waals surface area contributed by atoms with E-state index in [0.717, 1.165) is 60.9 Å². The lowest BCUT2D eigenvalue weighted by molar-refractivity contribution is 0.0488. The Hall–Kier alpha value is -1.10. The number of rotatable bonds is 4. The number of hydrogen-bond donors (Lipinski definition) is 1. The van der Waals surface area contributed by atoms with Gasteiger partial charge < -0.3 is 15.0 Å². The molecule has 0 amide bonds. The number of nitrogens with two attached hydrogens (primary N) is 1. The predicted molar refractivity (Wildman–Crippen MR) is 85.8 cm³/mol. The fourth-order valence-electron chi connectivity index (χ4n) is 3.23. The molecule has 0 atom stereocenters. The van der Waals surface area contributed by atoms with Crippen LogP contribution < -0.4 is 5.73 Å². The molecule has 0 unspecified atom stereocenters. The van der Waals surface area contributed by atoms with E-state index in [1.807, 2.05) is 18.2 Å². The molecule has 2 aromatic rings. The summed E-state index contributed by atoms with van der Waals surface area (Å²) < 4.78 is 7.83. The predicted octanol–water partition coefficient (Wildman–Crippen LogP) is 3.11. The number of nitrogens with zero attached hydrogens (tertiary/aromatic N) is 2. The highest BCUT2D eigenvalue weighted by molar-refractivity contribution is 6.31. The van der Waals surface area contributed by atoms with Gasteiger partial charge in [-0.15, -0.1) is 0 Å². The van der Waals surface area contributed by atoms with Crippen LogP contribution in [0.1, 0.15) is 32.0 Å². The molecule has 0 spiro atoms. The molecule has 0 bridgehead atoms. The summed E-state index contributed by atoms with van der Waals surface area (Å²) in [7, 11) is 0. The fraction of sp³-hybridized carbons (Fsp3) is 0.562. The maximum atomic E-state index is 6.17. The summed E-state index contributed by atoms with van der Waals surface area (Å²) in [5, 5.41) is 0.750. The SMILES string of the molecule is CCCn1c(C2(CN)CCOCC2)nc2ccc(Cl)cc21. The first-order valence-electron chi connectivity index (χ1n) is 7.64. The minimum Gasteiger partial charge on any atom is -0.381 e. The first-order chi connectivity index (χ1) is 10.2. The number of halogens is 1. The van der Waals surface area contributed by atoms with Gasteiger partial charge in [-0.25, -0.2) is 4.98 Å². The Morgan fingerprint density at radius 3 is 2.81 bits per heavy atom. The van der Waals surface area contributed by atoms with Crippen molar-refractivity contribution in [2.75, 3.05) is 19.8 Å². The third-order valence-corrected chi connectivity index (χ3v) is 4.71. The van der Waals surface area contributed by atoms with Crippen molar-refractivity contribution in [3.8, 4) is 0 Å². The summed E-state index contributed by atoms with van der Waals surface area (Å²) in [6.45, 7) is 5.24. The van der Waals surface area contributed by atoms with Crippen LogP contribution in [0.2, 0.25) is 5.02 Å². The quantitative estimate of drug-likeness (QED) is 0.944. The van der Waals surface area contributed by atoms with Gasteiger partial charge >= 0.3 is 0 Å². The Bertz CT molecular complexity index is 632. The molecule has 5 heteroatoms. The summed E-state index contributed by atoms with van der Waals surface area (Å²) in [5.41, 5.74) is 8.19. The minimum atomic E-state index is -0.0705. The Labute approximate surface area is 130 Å². The van der Waals surface area contributed by atoms with Crippen LogP contribution in [0.25, 0.3) is 11.0 Å². The highest BCUT2D eigenvalue weighted by Crippen LogP contribution is 2.35. The van der Waals surface area contributed by atoms with Gasteiger partial charge in [-0.05, 0) is 37.5 Å². The molecule has 1 saturated heterocycles. The van der Waals surface area contributed by atoms with Gasteiger partial charge in [0.2, 0.25) is 0 Å². The first kappa shape index (κ1) is 14.8. The molecule has 0 aliphatic carbocycles. The van der Waals surface area contributed by atoms with Crippen LogP contribution in [0.4, 0.5) is 0 Å². The van der Waals surface area contributed by atoms with Crippen molar-refractivity contribution in [2.45, 2.75) is 38.1 Å². The second kappa shape index (κ2) is 5.95. The number of ether oxygens (including phenoxy) is 1. The van der Waals surface area contributed by atoms with Crippen LogP contribution in [0.3, 0.4) is 0 Å². The van der Waals surface area contributed by atoms with Gasteiger partial charge in [0.05, 0.1) is 11.0 Å². The van der Waals surface area contributed by atoms with Gasteiger partial charge in [0.25, 0.3) is 0 Å². The largest absolute Gasteiger partial charge is 0.381 e. The van der Waals surface area contributed by atoms with Crippen LogP contribution in [-0.4, -0.2) is 29.3 Å². The normalized spacial score (nSPS) is 18.2. The standard InChI is InChI=1S/C16H22ClN3O/c1-2-7-20-14-10-12(17)3-4-13(14)19-15(20)16(11-18)5-8-21-9-6-16/h3-4,10H,2,5-9,11,18H2,1H3. The minimum absolute atomic E-state index is 0.0705. The van der Waals surface area contributed by atoms with Gasteiger partial charge in [0.1, 0.15) is 5.82 Å².